The first-order valence-corrected chi connectivity index (χ1v) is 11.2. The average molecular weight is 399 g/mol. The normalized spacial score (nSPS) is 36.1. The Morgan fingerprint density at radius 1 is 1.18 bits per heavy atom. The average Bonchev–Trinajstić information content (AvgIpc) is 2.82. The van der Waals surface area contributed by atoms with Gasteiger partial charge in [-0.15, -0.1) is 0 Å². The standard InChI is InChI=1S/C22H38O6/c1-15(2)28-21(24)7-5-6-16-9-10-17-18(19(23)12-20(17)26-13-16)14-27-22-8-3-4-11-25-22/h15-20,22-23H,3-14H2,1-2H3/t16-,17+,18+,19+,20-,22?/m0/s1. The molecule has 1 N–H and O–H groups in total. The van der Waals surface area contributed by atoms with E-state index in [0.717, 1.165) is 58.2 Å². The largest absolute Gasteiger partial charge is 0.463 e. The lowest BCUT2D eigenvalue weighted by molar-refractivity contribution is -0.175. The summed E-state index contributed by atoms with van der Waals surface area (Å²) in [6.07, 6.45) is 8.03. The zero-order chi connectivity index (χ0) is 19.9. The van der Waals surface area contributed by atoms with Crippen molar-refractivity contribution in [3.63, 3.8) is 0 Å². The molecule has 3 aliphatic rings. The van der Waals surface area contributed by atoms with Crippen LogP contribution in [-0.4, -0.2) is 55.5 Å². The van der Waals surface area contributed by atoms with E-state index in [9.17, 15) is 9.90 Å². The van der Waals surface area contributed by atoms with E-state index in [4.69, 9.17) is 18.9 Å². The van der Waals surface area contributed by atoms with Gasteiger partial charge in [0.25, 0.3) is 0 Å². The Kier molecular flexibility index (Phi) is 8.57. The van der Waals surface area contributed by atoms with Crippen LogP contribution in [0, 0.1) is 17.8 Å². The Morgan fingerprint density at radius 2 is 2.04 bits per heavy atom. The second-order valence-corrected chi connectivity index (χ2v) is 9.01. The summed E-state index contributed by atoms with van der Waals surface area (Å²) in [6.45, 7) is 5.82. The Bertz CT molecular complexity index is 476. The van der Waals surface area contributed by atoms with Gasteiger partial charge in [-0.25, -0.2) is 0 Å². The smallest absolute Gasteiger partial charge is 0.306 e. The molecule has 1 unspecified atom stereocenters. The SMILES string of the molecule is CC(C)OC(=O)CCC[C@H]1CC[C@@H]2[C@@H](COC3CCCCO3)[C@H](O)C[C@@H]2OC1. The fourth-order valence-electron chi connectivity index (χ4n) is 4.89. The van der Waals surface area contributed by atoms with Crippen LogP contribution in [0.1, 0.15) is 71.6 Å². The van der Waals surface area contributed by atoms with Gasteiger partial charge in [-0.3, -0.25) is 4.79 Å². The third kappa shape index (κ3) is 6.41. The number of esters is 1. The molecular weight excluding hydrogens is 360 g/mol. The topological polar surface area (TPSA) is 74.2 Å². The van der Waals surface area contributed by atoms with Crippen molar-refractivity contribution in [2.24, 2.45) is 17.8 Å². The first-order chi connectivity index (χ1) is 13.5. The van der Waals surface area contributed by atoms with Crippen LogP contribution in [0.2, 0.25) is 0 Å². The highest BCUT2D eigenvalue weighted by Gasteiger charge is 2.44. The molecule has 28 heavy (non-hydrogen) atoms. The van der Waals surface area contributed by atoms with E-state index in [1.807, 2.05) is 13.8 Å². The summed E-state index contributed by atoms with van der Waals surface area (Å²) in [5, 5.41) is 10.5. The maximum atomic E-state index is 11.7. The molecule has 6 nitrogen and oxygen atoms in total. The van der Waals surface area contributed by atoms with Crippen LogP contribution in [0.5, 0.6) is 0 Å². The van der Waals surface area contributed by atoms with E-state index in [-0.39, 0.29) is 36.5 Å². The molecule has 0 spiro atoms. The van der Waals surface area contributed by atoms with Crippen LogP contribution in [0.4, 0.5) is 0 Å². The quantitative estimate of drug-likeness (QED) is 0.631. The molecule has 1 saturated carbocycles. The Balaban J connectivity index is 1.41. The predicted molar refractivity (Wildman–Crippen MR) is 105 cm³/mol. The second kappa shape index (κ2) is 10.9. The van der Waals surface area contributed by atoms with Gasteiger partial charge in [0.15, 0.2) is 6.29 Å². The lowest BCUT2D eigenvalue weighted by Gasteiger charge is -2.28. The van der Waals surface area contributed by atoms with Gasteiger partial charge >= 0.3 is 5.97 Å². The van der Waals surface area contributed by atoms with Crippen molar-refractivity contribution < 1.29 is 28.8 Å². The number of hydrogen-bond acceptors (Lipinski definition) is 6. The van der Waals surface area contributed by atoms with Crippen LogP contribution in [0.3, 0.4) is 0 Å². The number of fused-ring (bicyclic) bond motifs is 1. The van der Waals surface area contributed by atoms with Gasteiger partial charge in [0.1, 0.15) is 0 Å². The van der Waals surface area contributed by atoms with E-state index < -0.39 is 0 Å². The van der Waals surface area contributed by atoms with Crippen molar-refractivity contribution in [3.8, 4) is 0 Å². The molecule has 0 radical (unpaired) electrons. The fourth-order valence-corrected chi connectivity index (χ4v) is 4.89. The van der Waals surface area contributed by atoms with Gasteiger partial charge in [-0.1, -0.05) is 0 Å². The molecule has 3 fully saturated rings. The van der Waals surface area contributed by atoms with Crippen molar-refractivity contribution in [2.45, 2.75) is 96.2 Å². The minimum absolute atomic E-state index is 0.0438. The van der Waals surface area contributed by atoms with E-state index in [2.05, 4.69) is 0 Å². The van der Waals surface area contributed by atoms with Crippen LogP contribution in [0.15, 0.2) is 0 Å². The molecule has 2 aliphatic heterocycles. The molecule has 3 rings (SSSR count). The molecule has 0 aromatic carbocycles. The Labute approximate surface area is 169 Å². The minimum atomic E-state index is -0.346. The molecule has 0 aromatic heterocycles. The maximum Gasteiger partial charge on any atom is 0.306 e. The van der Waals surface area contributed by atoms with Gasteiger partial charge in [0.2, 0.25) is 0 Å². The molecule has 0 amide bonds. The third-order valence-electron chi connectivity index (χ3n) is 6.42. The van der Waals surface area contributed by atoms with Crippen molar-refractivity contribution >= 4 is 5.97 Å². The van der Waals surface area contributed by atoms with Crippen molar-refractivity contribution in [2.75, 3.05) is 19.8 Å². The first kappa shape index (κ1) is 22.0. The number of hydrogen-bond donors (Lipinski definition) is 1. The Morgan fingerprint density at radius 3 is 2.79 bits per heavy atom. The van der Waals surface area contributed by atoms with Crippen LogP contribution in [-0.2, 0) is 23.7 Å². The monoisotopic (exact) mass is 398 g/mol. The molecule has 6 atom stereocenters. The zero-order valence-corrected chi connectivity index (χ0v) is 17.5. The van der Waals surface area contributed by atoms with Gasteiger partial charge in [-0.2, -0.15) is 0 Å². The number of carbonyl (C=O) groups excluding carboxylic acids is 1. The van der Waals surface area contributed by atoms with E-state index in [1.54, 1.807) is 0 Å². The van der Waals surface area contributed by atoms with Crippen LogP contribution in [0.25, 0.3) is 0 Å². The van der Waals surface area contributed by atoms with Gasteiger partial charge in [0.05, 0.1) is 24.9 Å². The minimum Gasteiger partial charge on any atom is -0.463 e. The van der Waals surface area contributed by atoms with Gasteiger partial charge in [-0.05, 0) is 70.6 Å². The lowest BCUT2D eigenvalue weighted by atomic mass is 9.87. The summed E-state index contributed by atoms with van der Waals surface area (Å²) in [5.41, 5.74) is 0. The Hall–Kier alpha value is -0.690. The number of ether oxygens (including phenoxy) is 4. The third-order valence-corrected chi connectivity index (χ3v) is 6.42. The maximum absolute atomic E-state index is 11.7. The lowest BCUT2D eigenvalue weighted by Crippen LogP contribution is -2.31. The number of carbonyl (C=O) groups is 1. The number of rotatable bonds is 8. The summed E-state index contributed by atoms with van der Waals surface area (Å²) in [7, 11) is 0. The highest BCUT2D eigenvalue weighted by Crippen LogP contribution is 2.41. The summed E-state index contributed by atoms with van der Waals surface area (Å²) in [5.74, 6) is 0.870. The zero-order valence-electron chi connectivity index (χ0n) is 17.5. The first-order valence-electron chi connectivity index (χ1n) is 11.2. The summed E-state index contributed by atoms with van der Waals surface area (Å²) in [6, 6.07) is 0. The van der Waals surface area contributed by atoms with E-state index >= 15 is 0 Å². The number of aliphatic hydroxyl groups is 1. The highest BCUT2D eigenvalue weighted by atomic mass is 16.7. The second-order valence-electron chi connectivity index (χ2n) is 9.01. The van der Waals surface area contributed by atoms with Crippen LogP contribution < -0.4 is 0 Å². The molecule has 0 bridgehead atoms. The highest BCUT2D eigenvalue weighted by molar-refractivity contribution is 5.69. The van der Waals surface area contributed by atoms with E-state index in [0.29, 0.717) is 31.3 Å². The number of aliphatic hydroxyl groups excluding tert-OH is 1. The predicted octanol–water partition coefficient (Wildman–Crippen LogP) is 3.44. The molecule has 162 valence electrons. The molecular formula is C22H38O6. The van der Waals surface area contributed by atoms with Gasteiger partial charge < -0.3 is 24.1 Å². The molecule has 0 aromatic rings. The van der Waals surface area contributed by atoms with E-state index in [1.165, 1.54) is 0 Å². The molecule has 6 heteroatoms. The van der Waals surface area contributed by atoms with Crippen molar-refractivity contribution in [1.29, 1.82) is 0 Å². The molecule has 2 saturated heterocycles. The van der Waals surface area contributed by atoms with Crippen molar-refractivity contribution in [1.82, 2.24) is 0 Å². The summed E-state index contributed by atoms with van der Waals surface area (Å²) in [4.78, 5) is 11.7. The fraction of sp³-hybridized carbons (Fsp3) is 0.955. The summed E-state index contributed by atoms with van der Waals surface area (Å²) < 4.78 is 23.0. The summed E-state index contributed by atoms with van der Waals surface area (Å²) >= 11 is 0. The van der Waals surface area contributed by atoms with Crippen LogP contribution >= 0.6 is 0 Å². The molecule has 1 aliphatic carbocycles. The van der Waals surface area contributed by atoms with Gasteiger partial charge in [0, 0.05) is 32.0 Å². The van der Waals surface area contributed by atoms with Crippen molar-refractivity contribution in [3.05, 3.63) is 0 Å². The molecule has 2 heterocycles.